The van der Waals surface area contributed by atoms with E-state index < -0.39 is 11.5 Å². The molecule has 3 aromatic heterocycles. The van der Waals surface area contributed by atoms with Gasteiger partial charge in [-0.1, -0.05) is 135 Å². The van der Waals surface area contributed by atoms with Crippen LogP contribution < -0.4 is 20.9 Å². The van der Waals surface area contributed by atoms with E-state index in [1.54, 1.807) is 10.7 Å². The molecule has 0 bridgehead atoms. The number of fused-ring (bicyclic) bond motifs is 3. The second-order valence-corrected chi connectivity index (χ2v) is 25.8. The van der Waals surface area contributed by atoms with E-state index in [4.69, 9.17) is 4.98 Å². The predicted molar refractivity (Wildman–Crippen MR) is 342 cm³/mol. The highest BCUT2D eigenvalue weighted by atomic mass is 16.4. The average molecular weight is 1180 g/mol. The monoisotopic (exact) mass is 1180 g/mol. The highest BCUT2D eigenvalue weighted by molar-refractivity contribution is 6.03. The van der Waals surface area contributed by atoms with Gasteiger partial charge in [0.05, 0.1) is 42.0 Å². The summed E-state index contributed by atoms with van der Waals surface area (Å²) >= 11 is 0. The zero-order valence-corrected chi connectivity index (χ0v) is 51.4. The molecule has 3 amide bonds. The first-order chi connectivity index (χ1) is 42.6. The van der Waals surface area contributed by atoms with Crippen LogP contribution in [0.5, 0.6) is 0 Å². The van der Waals surface area contributed by atoms with Crippen LogP contribution in [0.1, 0.15) is 173 Å². The van der Waals surface area contributed by atoms with Gasteiger partial charge in [-0.25, -0.2) is 14.5 Å². The standard InChI is InChI=1S/C71H80N12O5/c1-69(2)55-20-12-14-22-60(55)80(5)62(69)24-9-6-10-25-63-70(3,4)56-21-13-15-23-61(56)82(63)39-18-7-11-26-64(84)72-37-19-38-81-46-59(77-78-81)51-32-31-50-33-34-57(74-58(50)43-51)67(86)73-44-52-45-83(79-76-52)66-53(48-27-28-48)40-47(41-54(66)49-29-30-49)42-65(85)75-71(68(87)88)35-16-8-17-36-71/h6,9-10,12-15,20-25,31-34,40-41,43,45-46,48-49H,7-8,11,16-19,26-30,35-39,42,44H2,1-5H3,(H3-,72,73,75,84,85,86,87,88)/p+1. The first-order valence-corrected chi connectivity index (χ1v) is 31.7. The van der Waals surface area contributed by atoms with E-state index in [0.29, 0.717) is 67.5 Å². The van der Waals surface area contributed by atoms with Crippen LogP contribution in [0.15, 0.2) is 139 Å². The molecule has 0 saturated heterocycles. The topological polar surface area (TPSA) is 205 Å². The number of aryl methyl sites for hydroxylation is 1. The largest absolute Gasteiger partial charge is 0.480 e. The first kappa shape index (κ1) is 59.5. The Kier molecular flexibility index (Phi) is 17.0. The summed E-state index contributed by atoms with van der Waals surface area (Å²) in [6.07, 6.45) is 26.4. The molecule has 88 heavy (non-hydrogen) atoms. The Hall–Kier alpha value is -8.86. The molecule has 17 heteroatoms. The second kappa shape index (κ2) is 25.1. The minimum absolute atomic E-state index is 0.0578. The van der Waals surface area contributed by atoms with Gasteiger partial charge in [0, 0.05) is 71.5 Å². The fraction of sp³-hybridized carbons (Fsp3) is 0.408. The molecule has 4 N–H and O–H groups in total. The number of amides is 3. The van der Waals surface area contributed by atoms with Gasteiger partial charge in [-0.3, -0.25) is 19.1 Å². The van der Waals surface area contributed by atoms with Gasteiger partial charge >= 0.3 is 5.97 Å². The molecular formula is C71H81N12O5+. The van der Waals surface area contributed by atoms with Crippen molar-refractivity contribution in [3.8, 4) is 16.9 Å². The van der Waals surface area contributed by atoms with Crippen molar-refractivity contribution in [2.24, 2.45) is 0 Å². The van der Waals surface area contributed by atoms with E-state index in [9.17, 15) is 24.3 Å². The molecule has 17 nitrogen and oxygen atoms in total. The van der Waals surface area contributed by atoms with Gasteiger partial charge in [0.25, 0.3) is 5.91 Å². The van der Waals surface area contributed by atoms with Gasteiger partial charge in [-0.2, -0.15) is 4.58 Å². The highest BCUT2D eigenvalue weighted by Gasteiger charge is 2.44. The van der Waals surface area contributed by atoms with Gasteiger partial charge in [0.1, 0.15) is 29.7 Å². The van der Waals surface area contributed by atoms with Crippen molar-refractivity contribution < 1.29 is 28.9 Å². The summed E-state index contributed by atoms with van der Waals surface area (Å²) in [5, 5.41) is 37.8. The number of aliphatic carboxylic acids is 1. The number of allylic oxidation sites excluding steroid dienone is 6. The van der Waals surface area contributed by atoms with Crippen molar-refractivity contribution in [3.05, 3.63) is 179 Å². The fourth-order valence-electron chi connectivity index (χ4n) is 13.6. The number of carboxylic acid groups (broad SMARTS) is 1. The molecule has 0 atom stereocenters. The minimum Gasteiger partial charge on any atom is -0.480 e. The molecule has 4 aromatic carbocycles. The van der Waals surface area contributed by atoms with Crippen LogP contribution in [0.4, 0.5) is 11.4 Å². The van der Waals surface area contributed by atoms with Crippen molar-refractivity contribution in [2.75, 3.05) is 25.0 Å². The quantitative estimate of drug-likeness (QED) is 0.0254. The third-order valence-electron chi connectivity index (χ3n) is 18.7. The van der Waals surface area contributed by atoms with Crippen molar-refractivity contribution in [1.82, 2.24) is 50.9 Å². The van der Waals surface area contributed by atoms with Gasteiger partial charge in [-0.15, -0.1) is 10.2 Å². The number of hydrogen-bond donors (Lipinski definition) is 4. The molecule has 3 aliphatic carbocycles. The van der Waals surface area contributed by atoms with Crippen LogP contribution in [-0.2, 0) is 44.7 Å². The van der Waals surface area contributed by atoms with E-state index in [-0.39, 0.29) is 47.2 Å². The Balaban J connectivity index is 0.595. The Labute approximate surface area is 515 Å². The predicted octanol–water partition coefficient (Wildman–Crippen LogP) is 11.8. The molecule has 0 unspecified atom stereocenters. The number of carbonyl (C=O) groups excluding carboxylic acids is 3. The fourth-order valence-corrected chi connectivity index (χ4v) is 13.6. The van der Waals surface area contributed by atoms with E-state index in [0.717, 1.165) is 104 Å². The van der Waals surface area contributed by atoms with Crippen molar-refractivity contribution >= 4 is 51.7 Å². The van der Waals surface area contributed by atoms with Crippen LogP contribution in [0.25, 0.3) is 27.8 Å². The van der Waals surface area contributed by atoms with Crippen LogP contribution in [0, 0.1) is 0 Å². The maximum Gasteiger partial charge on any atom is 0.329 e. The summed E-state index contributed by atoms with van der Waals surface area (Å²) in [6.45, 7) is 11.3. The molecule has 0 spiro atoms. The lowest BCUT2D eigenvalue weighted by Crippen LogP contribution is -2.56. The lowest BCUT2D eigenvalue weighted by Gasteiger charge is -2.34. The molecule has 454 valence electrons. The molecule has 5 heterocycles. The average Bonchev–Trinajstić information content (AvgIpc) is 2.27. The number of rotatable bonds is 24. The number of para-hydroxylation sites is 2. The zero-order chi connectivity index (χ0) is 61.2. The molecule has 3 saturated carbocycles. The first-order valence-electron chi connectivity index (χ1n) is 31.7. The van der Waals surface area contributed by atoms with E-state index in [1.165, 1.54) is 33.9 Å². The van der Waals surface area contributed by atoms with Crippen LogP contribution in [0.3, 0.4) is 0 Å². The molecule has 5 aliphatic rings. The summed E-state index contributed by atoms with van der Waals surface area (Å²) in [6, 6.07) is 31.0. The maximum absolute atomic E-state index is 13.6. The zero-order valence-electron chi connectivity index (χ0n) is 51.4. The Morgan fingerprint density at radius 2 is 1.47 bits per heavy atom. The minimum atomic E-state index is -1.20. The summed E-state index contributed by atoms with van der Waals surface area (Å²) < 4.78 is 5.90. The summed E-state index contributed by atoms with van der Waals surface area (Å²) in [5.41, 5.74) is 13.5. The lowest BCUT2D eigenvalue weighted by molar-refractivity contribution is -0.401. The van der Waals surface area contributed by atoms with Crippen molar-refractivity contribution in [2.45, 2.75) is 165 Å². The molecule has 12 rings (SSSR count). The normalized spacial score (nSPS) is 17.9. The number of aromatic nitrogens is 7. The SMILES string of the molecule is C[N+]1=C(/C=C/C=C/C=C2\N(CCCCCC(=O)NCCCn3cc(-c4ccc5ccc(C(=O)NCc6cn(-c7c(C8CC8)cc(CC(=O)NC8(C(=O)O)CCCCC8)cc7C7CC7)nn6)nc5c4)nn3)c3ccccc3C2(C)C)C(C)(C)c2ccccc21. The number of nitrogens with one attached hydrogen (secondary N) is 3. The maximum atomic E-state index is 13.6. The molecule has 2 aliphatic heterocycles. The van der Waals surface area contributed by atoms with E-state index in [1.807, 2.05) is 41.3 Å². The highest BCUT2D eigenvalue weighted by Crippen LogP contribution is 2.50. The summed E-state index contributed by atoms with van der Waals surface area (Å²) in [4.78, 5) is 59.5. The van der Waals surface area contributed by atoms with E-state index in [2.05, 4.69) is 172 Å². The number of benzene rings is 4. The number of carboxylic acids is 1. The van der Waals surface area contributed by atoms with E-state index >= 15 is 0 Å². The molecule has 0 radical (unpaired) electrons. The Bertz CT molecular complexity index is 3910. The molecular weight excluding hydrogens is 1100 g/mol. The number of pyridine rings is 1. The van der Waals surface area contributed by atoms with Gasteiger partial charge in [0.2, 0.25) is 17.5 Å². The summed E-state index contributed by atoms with van der Waals surface area (Å²) in [5.74, 6) is -0.821. The smallest absolute Gasteiger partial charge is 0.329 e. The van der Waals surface area contributed by atoms with Crippen LogP contribution >= 0.6 is 0 Å². The van der Waals surface area contributed by atoms with Crippen LogP contribution in [-0.4, -0.2) is 99.7 Å². The van der Waals surface area contributed by atoms with Gasteiger partial charge in [-0.05, 0) is 130 Å². The number of hydrogen-bond acceptors (Lipinski definition) is 10. The van der Waals surface area contributed by atoms with Gasteiger partial charge in [0.15, 0.2) is 5.71 Å². The third kappa shape index (κ3) is 12.6. The van der Waals surface area contributed by atoms with Crippen molar-refractivity contribution in [3.63, 3.8) is 0 Å². The molecule has 3 fully saturated rings. The van der Waals surface area contributed by atoms with Gasteiger partial charge < -0.3 is 26.0 Å². The number of anilines is 1. The summed E-state index contributed by atoms with van der Waals surface area (Å²) in [7, 11) is 2.15. The Morgan fingerprint density at radius 3 is 2.22 bits per heavy atom. The number of nitrogens with zero attached hydrogens (tertiary/aromatic N) is 9. The number of carbonyl (C=O) groups is 4. The Morgan fingerprint density at radius 1 is 0.727 bits per heavy atom. The number of unbranched alkanes of at least 4 members (excludes halogenated alkanes) is 2. The third-order valence-corrected chi connectivity index (χ3v) is 18.7. The lowest BCUT2D eigenvalue weighted by atomic mass is 9.81. The van der Waals surface area contributed by atoms with Crippen molar-refractivity contribution in [1.29, 1.82) is 0 Å². The molecule has 7 aromatic rings. The van der Waals surface area contributed by atoms with Crippen LogP contribution in [0.2, 0.25) is 0 Å². The second-order valence-electron chi connectivity index (χ2n) is 25.8.